The van der Waals surface area contributed by atoms with Crippen molar-refractivity contribution in [2.75, 3.05) is 7.11 Å². The molecule has 0 spiro atoms. The molecule has 0 heterocycles. The quantitative estimate of drug-likeness (QED) is 0.614. The third kappa shape index (κ3) is 2.27. The van der Waals surface area contributed by atoms with Gasteiger partial charge in [-0.05, 0) is 24.6 Å². The normalized spacial score (nSPS) is 12.7. The Morgan fingerprint density at radius 2 is 2.08 bits per heavy atom. The fourth-order valence-corrected chi connectivity index (χ4v) is 1.41. The van der Waals surface area contributed by atoms with E-state index >= 15 is 0 Å². The van der Waals surface area contributed by atoms with E-state index in [9.17, 15) is 0 Å². The van der Waals surface area contributed by atoms with Crippen molar-refractivity contribution in [1.82, 2.24) is 0 Å². The van der Waals surface area contributed by atoms with Crippen molar-refractivity contribution < 1.29 is 4.74 Å². The fourth-order valence-electron chi connectivity index (χ4n) is 1.06. The lowest BCUT2D eigenvalue weighted by Crippen LogP contribution is -2.04. The maximum Gasteiger partial charge on any atom is 0.125 e. The largest absolute Gasteiger partial charge is 0.496 e. The highest BCUT2D eigenvalue weighted by Gasteiger charge is 2.11. The minimum Gasteiger partial charge on any atom is -0.496 e. The maximum absolute atomic E-state index is 5.92. The highest BCUT2D eigenvalue weighted by Crippen LogP contribution is 2.31. The van der Waals surface area contributed by atoms with E-state index < -0.39 is 5.50 Å². The van der Waals surface area contributed by atoms with Crippen LogP contribution < -0.4 is 10.5 Å². The van der Waals surface area contributed by atoms with Crippen molar-refractivity contribution >= 4 is 23.2 Å². The van der Waals surface area contributed by atoms with Gasteiger partial charge in [0, 0.05) is 10.6 Å². The van der Waals surface area contributed by atoms with Gasteiger partial charge in [-0.1, -0.05) is 11.6 Å². The van der Waals surface area contributed by atoms with Crippen LogP contribution in [0.1, 0.15) is 16.6 Å². The van der Waals surface area contributed by atoms with Crippen LogP contribution in [0.3, 0.4) is 0 Å². The minimum atomic E-state index is -0.590. The summed E-state index contributed by atoms with van der Waals surface area (Å²) < 4.78 is 5.12. The van der Waals surface area contributed by atoms with Gasteiger partial charge in [0.25, 0.3) is 0 Å². The van der Waals surface area contributed by atoms with Crippen molar-refractivity contribution in [3.8, 4) is 5.75 Å². The van der Waals surface area contributed by atoms with E-state index in [4.69, 9.17) is 33.7 Å². The van der Waals surface area contributed by atoms with E-state index in [2.05, 4.69) is 0 Å². The molecule has 2 nitrogen and oxygen atoms in total. The molecule has 0 bridgehead atoms. The number of hydrogen-bond acceptors (Lipinski definition) is 2. The zero-order valence-electron chi connectivity index (χ0n) is 7.47. The van der Waals surface area contributed by atoms with Crippen molar-refractivity contribution in [2.24, 2.45) is 5.73 Å². The summed E-state index contributed by atoms with van der Waals surface area (Å²) in [5, 5.41) is 0.645. The zero-order valence-corrected chi connectivity index (χ0v) is 8.99. The average Bonchev–Trinajstić information content (AvgIpc) is 2.08. The molecule has 2 N–H and O–H groups in total. The van der Waals surface area contributed by atoms with Crippen molar-refractivity contribution in [1.29, 1.82) is 0 Å². The Kier molecular flexibility index (Phi) is 3.42. The van der Waals surface area contributed by atoms with Crippen molar-refractivity contribution in [2.45, 2.75) is 12.4 Å². The second-order valence-electron chi connectivity index (χ2n) is 2.75. The Hall–Kier alpha value is -0.440. The van der Waals surface area contributed by atoms with E-state index in [-0.39, 0.29) is 0 Å². The summed E-state index contributed by atoms with van der Waals surface area (Å²) in [6, 6.07) is 3.55. The van der Waals surface area contributed by atoms with Crippen LogP contribution in [0.4, 0.5) is 0 Å². The number of halogens is 2. The lowest BCUT2D eigenvalue weighted by atomic mass is 10.1. The summed E-state index contributed by atoms with van der Waals surface area (Å²) in [6.07, 6.45) is 0. The van der Waals surface area contributed by atoms with Gasteiger partial charge in [0.15, 0.2) is 0 Å². The molecule has 1 aromatic rings. The van der Waals surface area contributed by atoms with Crippen LogP contribution in [-0.4, -0.2) is 7.11 Å². The van der Waals surface area contributed by atoms with Crippen LogP contribution >= 0.6 is 23.2 Å². The third-order valence-electron chi connectivity index (χ3n) is 1.81. The highest BCUT2D eigenvalue weighted by molar-refractivity contribution is 6.31. The molecule has 1 atom stereocenters. The summed E-state index contributed by atoms with van der Waals surface area (Å²) in [4.78, 5) is 0. The molecule has 0 saturated carbocycles. The molecule has 0 aliphatic rings. The smallest absolute Gasteiger partial charge is 0.125 e. The number of hydrogen-bond donors (Lipinski definition) is 1. The van der Waals surface area contributed by atoms with Crippen LogP contribution in [0, 0.1) is 6.92 Å². The van der Waals surface area contributed by atoms with E-state index in [1.807, 2.05) is 13.0 Å². The zero-order chi connectivity index (χ0) is 10.0. The van der Waals surface area contributed by atoms with Crippen LogP contribution in [-0.2, 0) is 0 Å². The molecule has 13 heavy (non-hydrogen) atoms. The molecule has 1 unspecified atom stereocenters. The second kappa shape index (κ2) is 4.18. The van der Waals surface area contributed by atoms with Gasteiger partial charge >= 0.3 is 0 Å². The number of ether oxygens (including phenoxy) is 1. The number of methoxy groups -OCH3 is 1. The predicted molar refractivity (Wildman–Crippen MR) is 55.5 cm³/mol. The van der Waals surface area contributed by atoms with Gasteiger partial charge < -0.3 is 10.5 Å². The molecule has 0 aromatic heterocycles. The number of alkyl halides is 1. The Labute approximate surface area is 87.6 Å². The van der Waals surface area contributed by atoms with E-state index in [0.29, 0.717) is 16.3 Å². The summed E-state index contributed by atoms with van der Waals surface area (Å²) >= 11 is 11.7. The minimum absolute atomic E-state index is 0.590. The fraction of sp³-hybridized carbons (Fsp3) is 0.333. The second-order valence-corrected chi connectivity index (χ2v) is 3.62. The third-order valence-corrected chi connectivity index (χ3v) is 2.45. The van der Waals surface area contributed by atoms with Gasteiger partial charge in [0.2, 0.25) is 0 Å². The van der Waals surface area contributed by atoms with Gasteiger partial charge in [-0.25, -0.2) is 0 Å². The van der Waals surface area contributed by atoms with E-state index in [1.54, 1.807) is 13.2 Å². The predicted octanol–water partition coefficient (Wildman–Crippen LogP) is 2.85. The number of benzene rings is 1. The molecule has 0 amide bonds. The summed E-state index contributed by atoms with van der Waals surface area (Å²) in [6.45, 7) is 1.90. The number of rotatable bonds is 2. The Morgan fingerprint density at radius 3 is 2.54 bits per heavy atom. The Balaban J connectivity index is 3.25. The molecular formula is C9H11Cl2NO. The van der Waals surface area contributed by atoms with Gasteiger partial charge in [-0.2, -0.15) is 0 Å². The molecule has 0 fully saturated rings. The standard InChI is InChI=1S/C9H11Cl2NO/c1-5-3-8(13-2)6(9(11)12)4-7(5)10/h3-4,9H,12H2,1-2H3. The molecule has 4 heteroatoms. The van der Waals surface area contributed by atoms with Crippen LogP contribution in [0.2, 0.25) is 5.02 Å². The van der Waals surface area contributed by atoms with Crippen LogP contribution in [0.15, 0.2) is 12.1 Å². The molecular weight excluding hydrogens is 209 g/mol. The van der Waals surface area contributed by atoms with Crippen molar-refractivity contribution in [3.05, 3.63) is 28.3 Å². The highest BCUT2D eigenvalue weighted by atomic mass is 35.5. The van der Waals surface area contributed by atoms with Crippen molar-refractivity contribution in [3.63, 3.8) is 0 Å². The average molecular weight is 220 g/mol. The molecule has 72 valence electrons. The van der Waals surface area contributed by atoms with Gasteiger partial charge in [-0.15, -0.1) is 11.6 Å². The Morgan fingerprint density at radius 1 is 1.46 bits per heavy atom. The Bertz CT molecular complexity index is 313. The van der Waals surface area contributed by atoms with Gasteiger partial charge in [-0.3, -0.25) is 0 Å². The molecule has 1 aromatic carbocycles. The summed E-state index contributed by atoms with van der Waals surface area (Å²) in [5.41, 5.74) is 6.60. The molecule has 1 rings (SSSR count). The molecule has 0 saturated heterocycles. The first-order valence-electron chi connectivity index (χ1n) is 3.80. The molecule has 0 aliphatic carbocycles. The first-order valence-corrected chi connectivity index (χ1v) is 4.61. The lowest BCUT2D eigenvalue weighted by molar-refractivity contribution is 0.409. The monoisotopic (exact) mass is 219 g/mol. The number of nitrogens with two attached hydrogens (primary N) is 1. The molecule has 0 radical (unpaired) electrons. The maximum atomic E-state index is 5.92. The molecule has 0 aliphatic heterocycles. The number of aryl methyl sites for hydroxylation is 1. The van der Waals surface area contributed by atoms with Gasteiger partial charge in [0.1, 0.15) is 11.3 Å². The lowest BCUT2D eigenvalue weighted by Gasteiger charge is -2.12. The first-order chi connectivity index (χ1) is 6.06. The van der Waals surface area contributed by atoms with E-state index in [0.717, 1.165) is 5.56 Å². The summed E-state index contributed by atoms with van der Waals surface area (Å²) in [7, 11) is 1.57. The van der Waals surface area contributed by atoms with Crippen LogP contribution in [0.5, 0.6) is 5.75 Å². The van der Waals surface area contributed by atoms with Gasteiger partial charge in [0.05, 0.1) is 7.11 Å². The van der Waals surface area contributed by atoms with Crippen LogP contribution in [0.25, 0.3) is 0 Å². The van der Waals surface area contributed by atoms with E-state index in [1.165, 1.54) is 0 Å². The SMILES string of the molecule is COc1cc(C)c(Cl)cc1C(N)Cl. The summed E-state index contributed by atoms with van der Waals surface area (Å²) in [5.74, 6) is 0.671. The first kappa shape index (κ1) is 10.6. The topological polar surface area (TPSA) is 35.2 Å².